The minimum absolute atomic E-state index is 0.141. The molecule has 2 aromatic carbocycles. The first-order valence-electron chi connectivity index (χ1n) is 11.1. The Morgan fingerprint density at radius 1 is 1.06 bits per heavy atom. The van der Waals surface area contributed by atoms with Crippen LogP contribution in [0.4, 0.5) is 10.1 Å². The number of nitrogens with zero attached hydrogens (tertiary/aromatic N) is 2. The van der Waals surface area contributed by atoms with E-state index in [1.165, 1.54) is 17.0 Å². The van der Waals surface area contributed by atoms with E-state index < -0.39 is 39.9 Å². The molecule has 0 bridgehead atoms. The van der Waals surface area contributed by atoms with Gasteiger partial charge in [-0.2, -0.15) is 0 Å². The Labute approximate surface area is 202 Å². The number of amides is 2. The molecule has 7 nitrogen and oxygen atoms in total. The molecule has 34 heavy (non-hydrogen) atoms. The summed E-state index contributed by atoms with van der Waals surface area (Å²) in [5, 5.41) is 2.92. The number of hydrogen-bond donors (Lipinski definition) is 1. The number of carbonyl (C=O) groups excluding carboxylic acids is 2. The summed E-state index contributed by atoms with van der Waals surface area (Å²) < 4.78 is 39.4. The summed E-state index contributed by atoms with van der Waals surface area (Å²) in [5.74, 6) is -1.37. The molecule has 186 valence electrons. The summed E-state index contributed by atoms with van der Waals surface area (Å²) in [6.45, 7) is 8.90. The lowest BCUT2D eigenvalue weighted by Gasteiger charge is -2.34. The zero-order valence-corrected chi connectivity index (χ0v) is 21.4. The van der Waals surface area contributed by atoms with E-state index in [0.717, 1.165) is 33.8 Å². The number of anilines is 1. The minimum Gasteiger partial charge on any atom is -0.350 e. The maximum Gasteiger partial charge on any atom is 0.244 e. The first-order valence-corrected chi connectivity index (χ1v) is 13.0. The summed E-state index contributed by atoms with van der Waals surface area (Å²) in [6.07, 6.45) is 1.33. The van der Waals surface area contributed by atoms with E-state index in [1.807, 2.05) is 52.0 Å². The molecule has 0 heterocycles. The van der Waals surface area contributed by atoms with Gasteiger partial charge in [0.2, 0.25) is 21.8 Å². The average Bonchev–Trinajstić information content (AvgIpc) is 2.71. The number of hydrogen-bond acceptors (Lipinski definition) is 4. The molecule has 9 heteroatoms. The highest BCUT2D eigenvalue weighted by Crippen LogP contribution is 2.21. The van der Waals surface area contributed by atoms with Crippen molar-refractivity contribution in [2.75, 3.05) is 17.1 Å². The molecule has 0 aromatic heterocycles. The fraction of sp³-hybridized carbons (Fsp3) is 0.440. The van der Waals surface area contributed by atoms with Crippen LogP contribution in [0.1, 0.15) is 45.2 Å². The number of nitrogens with one attached hydrogen (secondary N) is 1. The van der Waals surface area contributed by atoms with Gasteiger partial charge in [-0.1, -0.05) is 31.2 Å². The molecule has 0 saturated heterocycles. The van der Waals surface area contributed by atoms with Crippen LogP contribution in [-0.2, 0) is 26.2 Å². The molecule has 0 saturated carbocycles. The van der Waals surface area contributed by atoms with E-state index in [-0.39, 0.29) is 18.1 Å². The van der Waals surface area contributed by atoms with Crippen LogP contribution in [0, 0.1) is 12.7 Å². The zero-order valence-electron chi connectivity index (χ0n) is 20.6. The van der Waals surface area contributed by atoms with Gasteiger partial charge < -0.3 is 10.2 Å². The molecule has 0 aliphatic heterocycles. The molecular weight excluding hydrogens is 457 g/mol. The monoisotopic (exact) mass is 491 g/mol. The Morgan fingerprint density at radius 3 is 2.15 bits per heavy atom. The Balaban J connectivity index is 2.46. The molecule has 0 aliphatic carbocycles. The van der Waals surface area contributed by atoms with E-state index >= 15 is 0 Å². The molecule has 0 aliphatic rings. The van der Waals surface area contributed by atoms with Gasteiger partial charge in [0.1, 0.15) is 18.4 Å². The van der Waals surface area contributed by atoms with Crippen LogP contribution in [0.25, 0.3) is 0 Å². The van der Waals surface area contributed by atoms with E-state index in [2.05, 4.69) is 5.32 Å². The fourth-order valence-electron chi connectivity index (χ4n) is 3.56. The van der Waals surface area contributed by atoms with Crippen LogP contribution in [0.15, 0.2) is 48.5 Å². The van der Waals surface area contributed by atoms with E-state index in [0.29, 0.717) is 6.42 Å². The first kappa shape index (κ1) is 27.3. The third-order valence-electron chi connectivity index (χ3n) is 5.28. The Bertz CT molecular complexity index is 1110. The third kappa shape index (κ3) is 7.55. The van der Waals surface area contributed by atoms with Crippen LogP contribution < -0.4 is 9.62 Å². The minimum atomic E-state index is -3.86. The summed E-state index contributed by atoms with van der Waals surface area (Å²) >= 11 is 0. The molecule has 1 atom stereocenters. The standard InChI is InChI=1S/C25H34FN3O4S/c1-7-22(24(31)27-25(3,4)5)28(16-19-11-9-8-10-18(19)2)23(30)17-29(34(6,32)33)21-14-12-20(26)13-15-21/h8-15,22H,7,16-17H2,1-6H3,(H,27,31). The van der Waals surface area contributed by atoms with Crippen molar-refractivity contribution in [2.24, 2.45) is 0 Å². The summed E-state index contributed by atoms with van der Waals surface area (Å²) in [6, 6.07) is 11.6. The Kier molecular flexibility index (Phi) is 8.83. The quantitative estimate of drug-likeness (QED) is 0.581. The van der Waals surface area contributed by atoms with Crippen LogP contribution in [0.3, 0.4) is 0 Å². The number of sulfonamides is 1. The highest BCUT2D eigenvalue weighted by molar-refractivity contribution is 7.92. The highest BCUT2D eigenvalue weighted by Gasteiger charge is 2.33. The first-order chi connectivity index (χ1) is 15.7. The number of carbonyl (C=O) groups is 2. The smallest absolute Gasteiger partial charge is 0.244 e. The van der Waals surface area contributed by atoms with Crippen LogP contribution in [0.2, 0.25) is 0 Å². The van der Waals surface area contributed by atoms with Gasteiger partial charge in [-0.15, -0.1) is 0 Å². The fourth-order valence-corrected chi connectivity index (χ4v) is 4.41. The molecule has 1 unspecified atom stereocenters. The maximum atomic E-state index is 13.6. The average molecular weight is 492 g/mol. The van der Waals surface area contributed by atoms with Gasteiger partial charge in [0.25, 0.3) is 0 Å². The lowest BCUT2D eigenvalue weighted by atomic mass is 10.0. The van der Waals surface area contributed by atoms with Crippen molar-refractivity contribution in [1.29, 1.82) is 0 Å². The van der Waals surface area contributed by atoms with Crippen LogP contribution in [-0.4, -0.2) is 49.5 Å². The second kappa shape index (κ2) is 11.0. The predicted octanol–water partition coefficient (Wildman–Crippen LogP) is 3.62. The van der Waals surface area contributed by atoms with Crippen molar-refractivity contribution in [3.63, 3.8) is 0 Å². The molecule has 2 amide bonds. The van der Waals surface area contributed by atoms with Gasteiger partial charge in [-0.3, -0.25) is 13.9 Å². The van der Waals surface area contributed by atoms with E-state index in [4.69, 9.17) is 0 Å². The zero-order chi connectivity index (χ0) is 25.7. The summed E-state index contributed by atoms with van der Waals surface area (Å²) in [5.41, 5.74) is 1.46. The van der Waals surface area contributed by atoms with Gasteiger partial charge in [-0.25, -0.2) is 12.8 Å². The molecule has 1 N–H and O–H groups in total. The highest BCUT2D eigenvalue weighted by atomic mass is 32.2. The van der Waals surface area contributed by atoms with Gasteiger partial charge >= 0.3 is 0 Å². The second-order valence-corrected chi connectivity index (χ2v) is 11.3. The number of rotatable bonds is 9. The molecular formula is C25H34FN3O4S. The molecule has 0 fully saturated rings. The van der Waals surface area contributed by atoms with Crippen molar-refractivity contribution < 1.29 is 22.4 Å². The largest absolute Gasteiger partial charge is 0.350 e. The molecule has 2 aromatic rings. The second-order valence-electron chi connectivity index (χ2n) is 9.36. The van der Waals surface area contributed by atoms with E-state index in [1.54, 1.807) is 6.92 Å². The lowest BCUT2D eigenvalue weighted by Crippen LogP contribution is -2.55. The molecule has 0 radical (unpaired) electrons. The summed E-state index contributed by atoms with van der Waals surface area (Å²) in [4.78, 5) is 28.1. The van der Waals surface area contributed by atoms with Crippen molar-refractivity contribution in [3.8, 4) is 0 Å². The third-order valence-corrected chi connectivity index (χ3v) is 6.42. The van der Waals surface area contributed by atoms with Gasteiger partial charge in [0.15, 0.2) is 0 Å². The van der Waals surface area contributed by atoms with Crippen molar-refractivity contribution in [1.82, 2.24) is 10.2 Å². The van der Waals surface area contributed by atoms with Gasteiger partial charge in [0, 0.05) is 12.1 Å². The maximum absolute atomic E-state index is 13.6. The topological polar surface area (TPSA) is 86.8 Å². The van der Waals surface area contributed by atoms with Gasteiger partial charge in [-0.05, 0) is 69.5 Å². The Morgan fingerprint density at radius 2 is 1.65 bits per heavy atom. The van der Waals surface area contributed by atoms with Crippen molar-refractivity contribution >= 4 is 27.5 Å². The SMILES string of the molecule is CCC(C(=O)NC(C)(C)C)N(Cc1ccccc1C)C(=O)CN(c1ccc(F)cc1)S(C)(=O)=O. The normalized spacial score (nSPS) is 12.7. The van der Waals surface area contributed by atoms with Crippen LogP contribution in [0.5, 0.6) is 0 Å². The predicted molar refractivity (Wildman–Crippen MR) is 132 cm³/mol. The number of halogens is 1. The van der Waals surface area contributed by atoms with E-state index in [9.17, 15) is 22.4 Å². The molecule has 2 rings (SSSR count). The summed E-state index contributed by atoms with van der Waals surface area (Å²) in [7, 11) is -3.86. The van der Waals surface area contributed by atoms with Crippen molar-refractivity contribution in [3.05, 3.63) is 65.5 Å². The number of benzene rings is 2. The van der Waals surface area contributed by atoms with Crippen LogP contribution >= 0.6 is 0 Å². The lowest BCUT2D eigenvalue weighted by molar-refractivity contribution is -0.141. The molecule has 0 spiro atoms. The number of aryl methyl sites for hydroxylation is 1. The Hall–Kier alpha value is -2.94. The van der Waals surface area contributed by atoms with Gasteiger partial charge in [0.05, 0.1) is 11.9 Å². The van der Waals surface area contributed by atoms with Crippen molar-refractivity contribution in [2.45, 2.75) is 59.2 Å².